The van der Waals surface area contributed by atoms with Crippen LogP contribution in [0.5, 0.6) is 5.75 Å². The van der Waals surface area contributed by atoms with Crippen LogP contribution in [-0.4, -0.2) is 56.7 Å². The average molecular weight is 361 g/mol. The van der Waals surface area contributed by atoms with Gasteiger partial charge in [-0.05, 0) is 32.1 Å². The van der Waals surface area contributed by atoms with Crippen molar-refractivity contribution in [2.24, 2.45) is 0 Å². The Hall–Kier alpha value is -3.03. The lowest BCUT2D eigenvalue weighted by Crippen LogP contribution is -2.36. The highest BCUT2D eigenvalue weighted by Crippen LogP contribution is 2.28. The van der Waals surface area contributed by atoms with Crippen LogP contribution in [0.4, 0.5) is 10.5 Å². The lowest BCUT2D eigenvalue weighted by atomic mass is 10.1. The van der Waals surface area contributed by atoms with Crippen LogP contribution in [0, 0.1) is 0 Å². The van der Waals surface area contributed by atoms with Crippen molar-refractivity contribution in [3.8, 4) is 5.75 Å². The number of carbonyl (C=O) groups is 3. The molecule has 3 amide bonds. The van der Waals surface area contributed by atoms with Gasteiger partial charge in [-0.15, -0.1) is 0 Å². The Balaban J connectivity index is 2.30. The molecule has 1 heterocycles. The molecule has 1 aromatic carbocycles. The number of nitrogens with zero attached hydrogens (tertiary/aromatic N) is 2. The second-order valence-electron chi connectivity index (χ2n) is 5.55. The van der Waals surface area contributed by atoms with Gasteiger partial charge in [-0.25, -0.2) is 9.69 Å². The van der Waals surface area contributed by atoms with Crippen LogP contribution in [0.25, 0.3) is 6.08 Å². The predicted octanol–water partition coefficient (Wildman–Crippen LogP) is 1.61. The molecule has 8 heteroatoms. The van der Waals surface area contributed by atoms with E-state index in [2.05, 4.69) is 28.8 Å². The Morgan fingerprint density at radius 2 is 1.92 bits per heavy atom. The molecule has 1 saturated heterocycles. The van der Waals surface area contributed by atoms with Crippen molar-refractivity contribution in [1.82, 2.24) is 10.2 Å². The van der Waals surface area contributed by atoms with Gasteiger partial charge in [-0.1, -0.05) is 0 Å². The molecule has 26 heavy (non-hydrogen) atoms. The molecule has 0 aliphatic carbocycles. The highest BCUT2D eigenvalue weighted by atomic mass is 16.5. The summed E-state index contributed by atoms with van der Waals surface area (Å²) in [6.45, 7) is 5.41. The lowest BCUT2D eigenvalue weighted by Gasteiger charge is -2.22. The molecule has 1 fully saturated rings. The zero-order valence-electron chi connectivity index (χ0n) is 15.4. The number of esters is 1. The number of nitrogens with one attached hydrogen (secondary N) is 1. The normalized spacial score (nSPS) is 15.2. The van der Waals surface area contributed by atoms with E-state index in [1.807, 2.05) is 18.2 Å². The topological polar surface area (TPSA) is 88.2 Å². The van der Waals surface area contributed by atoms with Crippen molar-refractivity contribution in [3.05, 3.63) is 29.5 Å². The number of methoxy groups -OCH3 is 2. The van der Waals surface area contributed by atoms with E-state index in [1.165, 1.54) is 13.2 Å². The molecule has 0 spiro atoms. The minimum Gasteiger partial charge on any atom is -0.496 e. The van der Waals surface area contributed by atoms with E-state index in [1.54, 1.807) is 7.11 Å². The van der Waals surface area contributed by atoms with E-state index in [0.717, 1.165) is 23.7 Å². The molecule has 8 nitrogen and oxygen atoms in total. The molecule has 0 radical (unpaired) electrons. The molecule has 0 saturated carbocycles. The molecule has 2 rings (SSSR count). The van der Waals surface area contributed by atoms with Crippen molar-refractivity contribution >= 4 is 29.7 Å². The number of amides is 3. The first-order chi connectivity index (χ1) is 12.4. The number of anilines is 1. The SMILES string of the molecule is CCN(CC)c1ccc(/C=C2/NC(=O)N(CC(=O)OC)C2=O)c(OC)c1. The van der Waals surface area contributed by atoms with Crippen molar-refractivity contribution < 1.29 is 23.9 Å². The predicted molar refractivity (Wildman–Crippen MR) is 96.8 cm³/mol. The van der Waals surface area contributed by atoms with Crippen molar-refractivity contribution in [1.29, 1.82) is 0 Å². The summed E-state index contributed by atoms with van der Waals surface area (Å²) in [5.41, 5.74) is 1.72. The van der Waals surface area contributed by atoms with Gasteiger partial charge in [-0.3, -0.25) is 9.59 Å². The maximum Gasteiger partial charge on any atom is 0.329 e. The highest BCUT2D eigenvalue weighted by molar-refractivity contribution is 6.15. The van der Waals surface area contributed by atoms with E-state index in [4.69, 9.17) is 4.74 Å². The van der Waals surface area contributed by atoms with Crippen LogP contribution in [0.3, 0.4) is 0 Å². The average Bonchev–Trinajstić information content (AvgIpc) is 2.90. The number of ether oxygens (including phenoxy) is 2. The monoisotopic (exact) mass is 361 g/mol. The molecule has 0 aromatic heterocycles. The number of benzene rings is 1. The standard InChI is InChI=1S/C18H23N3O5/c1-5-20(6-2)13-8-7-12(15(10-13)25-3)9-14-17(23)21(18(24)19-14)11-16(22)26-4/h7-10H,5-6,11H2,1-4H3,(H,19,24)/b14-9+. The van der Waals surface area contributed by atoms with Gasteiger partial charge in [0.15, 0.2) is 0 Å². The Morgan fingerprint density at radius 1 is 1.23 bits per heavy atom. The number of rotatable bonds is 7. The first-order valence-corrected chi connectivity index (χ1v) is 8.29. The van der Waals surface area contributed by atoms with Gasteiger partial charge in [0.25, 0.3) is 5.91 Å². The van der Waals surface area contributed by atoms with Gasteiger partial charge in [0.2, 0.25) is 0 Å². The maximum atomic E-state index is 12.4. The van der Waals surface area contributed by atoms with E-state index in [-0.39, 0.29) is 5.70 Å². The number of carbonyl (C=O) groups excluding carboxylic acids is 3. The molecule has 1 N–H and O–H groups in total. The van der Waals surface area contributed by atoms with E-state index in [0.29, 0.717) is 11.3 Å². The van der Waals surface area contributed by atoms with E-state index >= 15 is 0 Å². The summed E-state index contributed by atoms with van der Waals surface area (Å²) in [6, 6.07) is 4.97. The van der Waals surface area contributed by atoms with Gasteiger partial charge in [0, 0.05) is 30.4 Å². The highest BCUT2D eigenvalue weighted by Gasteiger charge is 2.35. The van der Waals surface area contributed by atoms with Crippen molar-refractivity contribution in [2.75, 3.05) is 38.8 Å². The van der Waals surface area contributed by atoms with Crippen LogP contribution in [-0.2, 0) is 14.3 Å². The minimum atomic E-state index is -0.670. The number of hydrogen-bond acceptors (Lipinski definition) is 6. The fourth-order valence-corrected chi connectivity index (χ4v) is 2.67. The Kier molecular flexibility index (Phi) is 6.21. The number of hydrogen-bond donors (Lipinski definition) is 1. The molecular weight excluding hydrogens is 338 g/mol. The quantitative estimate of drug-likeness (QED) is 0.451. The fraction of sp³-hybridized carbons (Fsp3) is 0.389. The lowest BCUT2D eigenvalue weighted by molar-refractivity contribution is -0.143. The van der Waals surface area contributed by atoms with Gasteiger partial charge in [0.05, 0.1) is 14.2 Å². The van der Waals surface area contributed by atoms with Gasteiger partial charge in [-0.2, -0.15) is 0 Å². The summed E-state index contributed by atoms with van der Waals surface area (Å²) in [4.78, 5) is 38.6. The first-order valence-electron chi connectivity index (χ1n) is 8.29. The molecule has 1 aliphatic rings. The number of urea groups is 1. The third-order valence-corrected chi connectivity index (χ3v) is 4.12. The zero-order valence-corrected chi connectivity index (χ0v) is 15.4. The Morgan fingerprint density at radius 3 is 2.50 bits per heavy atom. The van der Waals surface area contributed by atoms with Crippen LogP contribution in [0.1, 0.15) is 19.4 Å². The van der Waals surface area contributed by atoms with Crippen LogP contribution >= 0.6 is 0 Å². The van der Waals surface area contributed by atoms with Crippen LogP contribution in [0.15, 0.2) is 23.9 Å². The summed E-state index contributed by atoms with van der Waals surface area (Å²) in [5.74, 6) is -0.679. The van der Waals surface area contributed by atoms with Gasteiger partial charge in [0.1, 0.15) is 18.0 Å². The first kappa shape index (κ1) is 19.3. The van der Waals surface area contributed by atoms with Gasteiger partial charge < -0.3 is 19.7 Å². The summed E-state index contributed by atoms with van der Waals surface area (Å²) < 4.78 is 9.92. The number of imide groups is 1. The fourth-order valence-electron chi connectivity index (χ4n) is 2.67. The molecule has 140 valence electrons. The van der Waals surface area contributed by atoms with Crippen LogP contribution in [0.2, 0.25) is 0 Å². The minimum absolute atomic E-state index is 0.0767. The summed E-state index contributed by atoms with van der Waals surface area (Å²) in [6.07, 6.45) is 1.53. The molecule has 0 unspecified atom stereocenters. The summed E-state index contributed by atoms with van der Waals surface area (Å²) >= 11 is 0. The second-order valence-corrected chi connectivity index (χ2v) is 5.55. The third kappa shape index (κ3) is 3.96. The molecule has 0 bridgehead atoms. The van der Waals surface area contributed by atoms with E-state index in [9.17, 15) is 14.4 Å². The zero-order chi connectivity index (χ0) is 19.3. The molecular formula is C18H23N3O5. The Bertz CT molecular complexity index is 740. The smallest absolute Gasteiger partial charge is 0.329 e. The van der Waals surface area contributed by atoms with E-state index < -0.39 is 24.5 Å². The van der Waals surface area contributed by atoms with Crippen molar-refractivity contribution in [3.63, 3.8) is 0 Å². The molecule has 1 aliphatic heterocycles. The van der Waals surface area contributed by atoms with Crippen LogP contribution < -0.4 is 15.0 Å². The van der Waals surface area contributed by atoms with Gasteiger partial charge >= 0.3 is 12.0 Å². The third-order valence-electron chi connectivity index (χ3n) is 4.12. The van der Waals surface area contributed by atoms with Crippen molar-refractivity contribution in [2.45, 2.75) is 13.8 Å². The molecule has 0 atom stereocenters. The Labute approximate surface area is 152 Å². The second kappa shape index (κ2) is 8.37. The maximum absolute atomic E-state index is 12.4. The summed E-state index contributed by atoms with van der Waals surface area (Å²) in [7, 11) is 2.74. The molecule has 1 aromatic rings. The largest absolute Gasteiger partial charge is 0.496 e. The summed E-state index contributed by atoms with van der Waals surface area (Å²) in [5, 5.41) is 2.47.